The minimum Gasteiger partial charge on any atom is -0.339 e. The molecule has 2 rings (SSSR count). The summed E-state index contributed by atoms with van der Waals surface area (Å²) in [4.78, 5) is 3.49. The Labute approximate surface area is 103 Å². The SMILES string of the molecule is CCNC1CCCCC1c1nc(C(F)(F)F)no1. The van der Waals surface area contributed by atoms with Crippen LogP contribution in [0.3, 0.4) is 0 Å². The molecule has 1 N–H and O–H groups in total. The summed E-state index contributed by atoms with van der Waals surface area (Å²) in [6.07, 6.45) is -0.756. The third-order valence-corrected chi connectivity index (χ3v) is 3.24. The lowest BCUT2D eigenvalue weighted by molar-refractivity contribution is -0.146. The van der Waals surface area contributed by atoms with E-state index < -0.39 is 12.0 Å². The molecular weight excluding hydrogens is 247 g/mol. The molecule has 0 saturated heterocycles. The van der Waals surface area contributed by atoms with E-state index in [1.54, 1.807) is 0 Å². The van der Waals surface area contributed by atoms with Crippen molar-refractivity contribution in [1.82, 2.24) is 15.5 Å². The van der Waals surface area contributed by atoms with Crippen molar-refractivity contribution in [2.75, 3.05) is 6.54 Å². The van der Waals surface area contributed by atoms with Gasteiger partial charge in [-0.25, -0.2) is 0 Å². The molecule has 2 unspecified atom stereocenters. The molecule has 102 valence electrons. The third-order valence-electron chi connectivity index (χ3n) is 3.24. The van der Waals surface area contributed by atoms with Crippen LogP contribution in [0.4, 0.5) is 13.2 Å². The molecule has 0 aliphatic heterocycles. The van der Waals surface area contributed by atoms with Crippen molar-refractivity contribution in [3.8, 4) is 0 Å². The van der Waals surface area contributed by atoms with E-state index in [1.807, 2.05) is 6.92 Å². The molecule has 18 heavy (non-hydrogen) atoms. The Kier molecular flexibility index (Phi) is 3.89. The first-order valence-electron chi connectivity index (χ1n) is 6.16. The Morgan fingerprint density at radius 2 is 2.06 bits per heavy atom. The number of hydrogen-bond donors (Lipinski definition) is 1. The Hall–Kier alpha value is -1.11. The van der Waals surface area contributed by atoms with Gasteiger partial charge in [-0.3, -0.25) is 0 Å². The van der Waals surface area contributed by atoms with Gasteiger partial charge in [0.05, 0.1) is 5.92 Å². The molecule has 1 saturated carbocycles. The van der Waals surface area contributed by atoms with Crippen LogP contribution in [0, 0.1) is 0 Å². The zero-order valence-corrected chi connectivity index (χ0v) is 10.1. The molecule has 1 aliphatic rings. The molecule has 0 aromatic carbocycles. The first-order valence-corrected chi connectivity index (χ1v) is 6.16. The van der Waals surface area contributed by atoms with Crippen LogP contribution in [0.25, 0.3) is 0 Å². The van der Waals surface area contributed by atoms with Gasteiger partial charge in [0.2, 0.25) is 5.89 Å². The fourth-order valence-electron chi connectivity index (χ4n) is 2.43. The van der Waals surface area contributed by atoms with Gasteiger partial charge in [-0.15, -0.1) is 0 Å². The number of nitrogens with one attached hydrogen (secondary N) is 1. The van der Waals surface area contributed by atoms with Crippen LogP contribution in [0.15, 0.2) is 4.52 Å². The second kappa shape index (κ2) is 5.26. The van der Waals surface area contributed by atoms with E-state index in [0.717, 1.165) is 32.2 Å². The first kappa shape index (κ1) is 13.3. The van der Waals surface area contributed by atoms with Gasteiger partial charge in [0, 0.05) is 6.04 Å². The zero-order valence-electron chi connectivity index (χ0n) is 10.1. The molecule has 2 atom stereocenters. The van der Waals surface area contributed by atoms with Crippen LogP contribution < -0.4 is 5.32 Å². The second-order valence-electron chi connectivity index (χ2n) is 4.51. The largest absolute Gasteiger partial charge is 0.455 e. The van der Waals surface area contributed by atoms with Gasteiger partial charge in [-0.2, -0.15) is 18.2 Å². The maximum atomic E-state index is 12.4. The fourth-order valence-corrected chi connectivity index (χ4v) is 2.43. The maximum absolute atomic E-state index is 12.4. The molecule has 1 fully saturated rings. The highest BCUT2D eigenvalue weighted by molar-refractivity contribution is 5.02. The standard InChI is InChI=1S/C11H16F3N3O/c1-2-15-8-6-4-3-5-7(8)9-16-10(17-18-9)11(12,13)14/h7-8,15H,2-6H2,1H3. The van der Waals surface area contributed by atoms with Crippen molar-refractivity contribution in [2.45, 2.75) is 50.7 Å². The highest BCUT2D eigenvalue weighted by Crippen LogP contribution is 2.34. The van der Waals surface area contributed by atoms with Crippen LogP contribution in [0.5, 0.6) is 0 Å². The molecular formula is C11H16F3N3O. The highest BCUT2D eigenvalue weighted by Gasteiger charge is 2.39. The maximum Gasteiger partial charge on any atom is 0.455 e. The molecule has 0 bridgehead atoms. The van der Waals surface area contributed by atoms with Crippen LogP contribution in [0.1, 0.15) is 50.2 Å². The average molecular weight is 263 g/mol. The van der Waals surface area contributed by atoms with Crippen LogP contribution in [-0.4, -0.2) is 22.7 Å². The molecule has 0 spiro atoms. The Morgan fingerprint density at radius 3 is 2.67 bits per heavy atom. The van der Waals surface area contributed by atoms with Gasteiger partial charge in [0.25, 0.3) is 5.82 Å². The molecule has 0 radical (unpaired) electrons. The Balaban J connectivity index is 2.15. The number of halogens is 3. The lowest BCUT2D eigenvalue weighted by Gasteiger charge is -2.29. The van der Waals surface area contributed by atoms with E-state index in [4.69, 9.17) is 4.52 Å². The number of likely N-dealkylation sites (N-methyl/N-ethyl adjacent to an activating group) is 1. The predicted molar refractivity (Wildman–Crippen MR) is 58.0 cm³/mol. The van der Waals surface area contributed by atoms with Crippen molar-refractivity contribution in [1.29, 1.82) is 0 Å². The topological polar surface area (TPSA) is 51.0 Å². The quantitative estimate of drug-likeness (QED) is 0.911. The number of alkyl halides is 3. The van der Waals surface area contributed by atoms with E-state index in [9.17, 15) is 13.2 Å². The van der Waals surface area contributed by atoms with E-state index >= 15 is 0 Å². The Bertz CT molecular complexity index is 389. The Morgan fingerprint density at radius 1 is 1.33 bits per heavy atom. The van der Waals surface area contributed by atoms with Crippen LogP contribution in [0.2, 0.25) is 0 Å². The van der Waals surface area contributed by atoms with Crippen LogP contribution in [-0.2, 0) is 6.18 Å². The molecule has 1 aliphatic carbocycles. The molecule has 0 amide bonds. The number of aromatic nitrogens is 2. The summed E-state index contributed by atoms with van der Waals surface area (Å²) in [5.74, 6) is -1.19. The molecule has 4 nitrogen and oxygen atoms in total. The fraction of sp³-hybridized carbons (Fsp3) is 0.818. The van der Waals surface area contributed by atoms with Crippen LogP contribution >= 0.6 is 0 Å². The van der Waals surface area contributed by atoms with Gasteiger partial charge in [-0.1, -0.05) is 24.9 Å². The summed E-state index contributed by atoms with van der Waals surface area (Å²) in [7, 11) is 0. The van der Waals surface area contributed by atoms with Crippen molar-refractivity contribution >= 4 is 0 Å². The van der Waals surface area contributed by atoms with E-state index in [2.05, 4.69) is 15.5 Å². The predicted octanol–water partition coefficient (Wildman–Crippen LogP) is 2.72. The van der Waals surface area contributed by atoms with Gasteiger partial charge in [-0.05, 0) is 19.4 Å². The van der Waals surface area contributed by atoms with Crippen molar-refractivity contribution < 1.29 is 17.7 Å². The molecule has 7 heteroatoms. The summed E-state index contributed by atoms with van der Waals surface area (Å²) in [6.45, 7) is 2.75. The third kappa shape index (κ3) is 2.82. The normalized spacial score (nSPS) is 25.3. The van der Waals surface area contributed by atoms with Crippen molar-refractivity contribution in [3.05, 3.63) is 11.7 Å². The number of rotatable bonds is 3. The molecule has 1 aromatic rings. The van der Waals surface area contributed by atoms with Gasteiger partial charge < -0.3 is 9.84 Å². The molecule has 1 aromatic heterocycles. The van der Waals surface area contributed by atoms with E-state index in [1.165, 1.54) is 0 Å². The van der Waals surface area contributed by atoms with E-state index in [0.29, 0.717) is 0 Å². The molecule has 1 heterocycles. The summed E-state index contributed by atoms with van der Waals surface area (Å²) >= 11 is 0. The summed E-state index contributed by atoms with van der Waals surface area (Å²) in [6, 6.07) is 0.130. The summed E-state index contributed by atoms with van der Waals surface area (Å²) in [5, 5.41) is 6.29. The average Bonchev–Trinajstić information content (AvgIpc) is 2.79. The second-order valence-corrected chi connectivity index (χ2v) is 4.51. The minimum absolute atomic E-state index is 0.105. The van der Waals surface area contributed by atoms with Gasteiger partial charge in [0.15, 0.2) is 0 Å². The summed E-state index contributed by atoms with van der Waals surface area (Å²) in [5.41, 5.74) is 0. The van der Waals surface area contributed by atoms with Crippen molar-refractivity contribution in [2.24, 2.45) is 0 Å². The highest BCUT2D eigenvalue weighted by atomic mass is 19.4. The monoisotopic (exact) mass is 263 g/mol. The van der Waals surface area contributed by atoms with Crippen molar-refractivity contribution in [3.63, 3.8) is 0 Å². The lowest BCUT2D eigenvalue weighted by atomic mass is 9.84. The first-order chi connectivity index (χ1) is 8.52. The van der Waals surface area contributed by atoms with Gasteiger partial charge in [0.1, 0.15) is 0 Å². The summed E-state index contributed by atoms with van der Waals surface area (Å²) < 4.78 is 42.0. The lowest BCUT2D eigenvalue weighted by Crippen LogP contribution is -2.37. The van der Waals surface area contributed by atoms with E-state index in [-0.39, 0.29) is 17.9 Å². The number of hydrogen-bond acceptors (Lipinski definition) is 4. The zero-order chi connectivity index (χ0) is 13.2. The smallest absolute Gasteiger partial charge is 0.339 e. The minimum atomic E-state index is -4.54. The van der Waals surface area contributed by atoms with Gasteiger partial charge >= 0.3 is 6.18 Å². The number of nitrogens with zero attached hydrogens (tertiary/aromatic N) is 2.